The summed E-state index contributed by atoms with van der Waals surface area (Å²) in [4.78, 5) is 0. The molecule has 14 heavy (non-hydrogen) atoms. The summed E-state index contributed by atoms with van der Waals surface area (Å²) < 4.78 is 0. The van der Waals surface area contributed by atoms with Gasteiger partial charge in [0.05, 0.1) is 17.6 Å². The van der Waals surface area contributed by atoms with E-state index in [0.717, 1.165) is 19.3 Å². The molecule has 0 aliphatic heterocycles. The number of rotatable bonds is 5. The Bertz CT molecular complexity index is 213. The maximum atomic E-state index is 10.2. The third kappa shape index (κ3) is 2.72. The Morgan fingerprint density at radius 2 is 2.21 bits per heavy atom. The van der Waals surface area contributed by atoms with E-state index in [9.17, 15) is 5.11 Å². The molecular weight excluding hydrogens is 174 g/mol. The van der Waals surface area contributed by atoms with Crippen molar-refractivity contribution in [3.8, 4) is 6.07 Å². The normalized spacial score (nSPS) is 23.3. The first-order valence-corrected chi connectivity index (χ1v) is 5.72. The number of hydrogen-bond acceptors (Lipinski definition) is 2. The SMILES string of the molecule is CCCC(C#N)C(C)(O)CC1CCC1. The van der Waals surface area contributed by atoms with E-state index in [4.69, 9.17) is 5.26 Å². The van der Waals surface area contributed by atoms with Crippen molar-refractivity contribution in [3.05, 3.63) is 0 Å². The van der Waals surface area contributed by atoms with Gasteiger partial charge in [-0.2, -0.15) is 5.26 Å². The molecule has 0 heterocycles. The van der Waals surface area contributed by atoms with Crippen LogP contribution in [0.5, 0.6) is 0 Å². The van der Waals surface area contributed by atoms with Crippen molar-refractivity contribution in [2.24, 2.45) is 11.8 Å². The minimum absolute atomic E-state index is 0.187. The second-order valence-electron chi connectivity index (χ2n) is 4.83. The lowest BCUT2D eigenvalue weighted by Crippen LogP contribution is -2.37. The van der Waals surface area contributed by atoms with E-state index in [1.807, 2.05) is 6.92 Å². The summed E-state index contributed by atoms with van der Waals surface area (Å²) in [6.45, 7) is 3.89. The van der Waals surface area contributed by atoms with Crippen LogP contribution in [-0.2, 0) is 0 Å². The lowest BCUT2D eigenvalue weighted by molar-refractivity contribution is -0.0161. The quantitative estimate of drug-likeness (QED) is 0.733. The Labute approximate surface area is 86.9 Å². The average molecular weight is 195 g/mol. The van der Waals surface area contributed by atoms with Crippen LogP contribution in [0.1, 0.15) is 52.4 Å². The van der Waals surface area contributed by atoms with Crippen LogP contribution in [0.4, 0.5) is 0 Å². The molecular formula is C12H21NO. The van der Waals surface area contributed by atoms with Crippen LogP contribution in [0.15, 0.2) is 0 Å². The van der Waals surface area contributed by atoms with Crippen molar-refractivity contribution >= 4 is 0 Å². The van der Waals surface area contributed by atoms with E-state index in [1.165, 1.54) is 19.3 Å². The van der Waals surface area contributed by atoms with E-state index >= 15 is 0 Å². The third-order valence-electron chi connectivity index (χ3n) is 3.41. The first-order chi connectivity index (χ1) is 6.60. The fraction of sp³-hybridized carbons (Fsp3) is 0.917. The smallest absolute Gasteiger partial charge is 0.0779 e. The zero-order chi connectivity index (χ0) is 10.6. The van der Waals surface area contributed by atoms with Crippen LogP contribution in [0.25, 0.3) is 0 Å². The molecule has 0 aromatic heterocycles. The molecule has 2 unspecified atom stereocenters. The molecule has 0 aromatic carbocycles. The summed E-state index contributed by atoms with van der Waals surface area (Å²) in [7, 11) is 0. The van der Waals surface area contributed by atoms with Gasteiger partial charge in [-0.1, -0.05) is 32.6 Å². The molecule has 0 bridgehead atoms. The Morgan fingerprint density at radius 1 is 1.57 bits per heavy atom. The summed E-state index contributed by atoms with van der Waals surface area (Å²) in [5.41, 5.74) is -0.768. The van der Waals surface area contributed by atoms with Crippen LogP contribution < -0.4 is 0 Å². The lowest BCUT2D eigenvalue weighted by Gasteiger charge is -2.35. The van der Waals surface area contributed by atoms with E-state index < -0.39 is 5.60 Å². The maximum Gasteiger partial charge on any atom is 0.0779 e. The molecule has 0 saturated heterocycles. The predicted octanol–water partition coefficient (Wildman–Crippen LogP) is 2.87. The van der Waals surface area contributed by atoms with Crippen LogP contribution >= 0.6 is 0 Å². The number of nitriles is 1. The highest BCUT2D eigenvalue weighted by Crippen LogP contribution is 2.37. The molecule has 1 rings (SSSR count). The first-order valence-electron chi connectivity index (χ1n) is 5.72. The van der Waals surface area contributed by atoms with E-state index in [0.29, 0.717) is 5.92 Å². The van der Waals surface area contributed by atoms with Crippen molar-refractivity contribution in [2.45, 2.75) is 58.0 Å². The first kappa shape index (κ1) is 11.5. The van der Waals surface area contributed by atoms with Crippen molar-refractivity contribution < 1.29 is 5.11 Å². The molecule has 1 fully saturated rings. The molecule has 2 atom stereocenters. The second kappa shape index (κ2) is 4.79. The van der Waals surface area contributed by atoms with Gasteiger partial charge in [0.15, 0.2) is 0 Å². The second-order valence-corrected chi connectivity index (χ2v) is 4.83. The molecule has 0 radical (unpaired) electrons. The minimum Gasteiger partial charge on any atom is -0.389 e. The molecule has 80 valence electrons. The van der Waals surface area contributed by atoms with E-state index in [2.05, 4.69) is 13.0 Å². The van der Waals surface area contributed by atoms with Gasteiger partial charge in [0.25, 0.3) is 0 Å². The maximum absolute atomic E-state index is 10.2. The highest BCUT2D eigenvalue weighted by atomic mass is 16.3. The largest absolute Gasteiger partial charge is 0.389 e. The van der Waals surface area contributed by atoms with Gasteiger partial charge >= 0.3 is 0 Å². The van der Waals surface area contributed by atoms with Gasteiger partial charge in [-0.05, 0) is 25.7 Å². The molecule has 0 aromatic rings. The summed E-state index contributed by atoms with van der Waals surface area (Å²) in [6.07, 6.45) is 6.37. The number of aliphatic hydroxyl groups is 1. The van der Waals surface area contributed by atoms with Crippen LogP contribution in [0.2, 0.25) is 0 Å². The zero-order valence-electron chi connectivity index (χ0n) is 9.29. The van der Waals surface area contributed by atoms with Crippen molar-refractivity contribution in [1.29, 1.82) is 5.26 Å². The highest BCUT2D eigenvalue weighted by molar-refractivity contribution is 4.97. The Morgan fingerprint density at radius 3 is 2.57 bits per heavy atom. The Kier molecular flexibility index (Phi) is 3.95. The van der Waals surface area contributed by atoms with Crippen LogP contribution in [0.3, 0.4) is 0 Å². The van der Waals surface area contributed by atoms with Crippen LogP contribution in [0, 0.1) is 23.2 Å². The zero-order valence-corrected chi connectivity index (χ0v) is 9.29. The number of nitrogens with zero attached hydrogens (tertiary/aromatic N) is 1. The van der Waals surface area contributed by atoms with Gasteiger partial charge in [0.1, 0.15) is 0 Å². The molecule has 2 heteroatoms. The Hall–Kier alpha value is -0.550. The molecule has 2 nitrogen and oxygen atoms in total. The molecule has 1 N–H and O–H groups in total. The van der Waals surface area contributed by atoms with Crippen molar-refractivity contribution in [3.63, 3.8) is 0 Å². The van der Waals surface area contributed by atoms with Gasteiger partial charge in [-0.15, -0.1) is 0 Å². The van der Waals surface area contributed by atoms with Gasteiger partial charge in [-0.25, -0.2) is 0 Å². The van der Waals surface area contributed by atoms with Gasteiger partial charge in [0.2, 0.25) is 0 Å². The molecule has 0 spiro atoms. The fourth-order valence-electron chi connectivity index (χ4n) is 2.23. The summed E-state index contributed by atoms with van der Waals surface area (Å²) in [6, 6.07) is 2.25. The predicted molar refractivity (Wildman–Crippen MR) is 56.6 cm³/mol. The average Bonchev–Trinajstić information content (AvgIpc) is 2.07. The summed E-state index contributed by atoms with van der Waals surface area (Å²) >= 11 is 0. The highest BCUT2D eigenvalue weighted by Gasteiger charge is 2.35. The summed E-state index contributed by atoms with van der Waals surface area (Å²) in [5, 5.41) is 19.2. The van der Waals surface area contributed by atoms with Gasteiger partial charge < -0.3 is 5.11 Å². The third-order valence-corrected chi connectivity index (χ3v) is 3.41. The van der Waals surface area contributed by atoms with E-state index in [-0.39, 0.29) is 5.92 Å². The van der Waals surface area contributed by atoms with Crippen LogP contribution in [-0.4, -0.2) is 10.7 Å². The fourth-order valence-corrected chi connectivity index (χ4v) is 2.23. The minimum atomic E-state index is -0.768. The van der Waals surface area contributed by atoms with Gasteiger partial charge in [0, 0.05) is 0 Å². The van der Waals surface area contributed by atoms with E-state index in [1.54, 1.807) is 0 Å². The molecule has 1 aliphatic carbocycles. The topological polar surface area (TPSA) is 44.0 Å². The number of hydrogen-bond donors (Lipinski definition) is 1. The molecule has 1 saturated carbocycles. The van der Waals surface area contributed by atoms with Crippen molar-refractivity contribution in [2.75, 3.05) is 0 Å². The molecule has 1 aliphatic rings. The lowest BCUT2D eigenvalue weighted by atomic mass is 9.73. The molecule has 0 amide bonds. The monoisotopic (exact) mass is 195 g/mol. The van der Waals surface area contributed by atoms with Crippen molar-refractivity contribution in [1.82, 2.24) is 0 Å². The van der Waals surface area contributed by atoms with Gasteiger partial charge in [-0.3, -0.25) is 0 Å². The Balaban J connectivity index is 2.47. The standard InChI is InChI=1S/C12H21NO/c1-3-5-11(9-13)12(2,14)8-10-6-4-7-10/h10-11,14H,3-8H2,1-2H3. The summed E-state index contributed by atoms with van der Waals surface area (Å²) in [5.74, 6) is 0.478.